The lowest BCUT2D eigenvalue weighted by atomic mass is 9.91. The number of aliphatic hydroxyl groups is 1. The zero-order valence-electron chi connectivity index (χ0n) is 10.6. The normalized spacial score (nSPS) is 34.3. The van der Waals surface area contributed by atoms with Gasteiger partial charge in [0.15, 0.2) is 0 Å². The van der Waals surface area contributed by atoms with Gasteiger partial charge in [0.25, 0.3) is 0 Å². The molecule has 2 fully saturated rings. The Morgan fingerprint density at radius 1 is 0.875 bits per heavy atom. The van der Waals surface area contributed by atoms with Crippen molar-refractivity contribution in [2.45, 2.75) is 63.8 Å². The van der Waals surface area contributed by atoms with Gasteiger partial charge in [-0.15, -0.1) is 0 Å². The van der Waals surface area contributed by atoms with Gasteiger partial charge in [0.2, 0.25) is 0 Å². The van der Waals surface area contributed by atoms with Crippen LogP contribution in [0.2, 0.25) is 0 Å². The van der Waals surface area contributed by atoms with Crippen LogP contribution in [0.3, 0.4) is 0 Å². The first kappa shape index (κ1) is 12.4. The highest BCUT2D eigenvalue weighted by molar-refractivity contribution is 4.66. The predicted octanol–water partition coefficient (Wildman–Crippen LogP) is 1.39. The van der Waals surface area contributed by atoms with Crippen LogP contribution >= 0.6 is 0 Å². The van der Waals surface area contributed by atoms with Crippen LogP contribution in [-0.4, -0.2) is 30.8 Å². The molecule has 94 valence electrons. The molecule has 0 spiro atoms. The number of likely N-dealkylation sites (tertiary alicyclic amines) is 1. The molecule has 2 atom stereocenters. The van der Waals surface area contributed by atoms with E-state index in [4.69, 9.17) is 0 Å². The van der Waals surface area contributed by atoms with Crippen molar-refractivity contribution < 1.29 is 10.0 Å². The molecule has 2 aliphatic rings. The van der Waals surface area contributed by atoms with Gasteiger partial charge in [-0.05, 0) is 38.5 Å². The van der Waals surface area contributed by atoms with E-state index in [1.54, 1.807) is 0 Å². The van der Waals surface area contributed by atoms with Crippen LogP contribution < -0.4 is 4.90 Å². The highest BCUT2D eigenvalue weighted by Crippen LogP contribution is 2.17. The second kappa shape index (κ2) is 6.61. The van der Waals surface area contributed by atoms with Crippen LogP contribution in [-0.2, 0) is 0 Å². The molecule has 0 aromatic rings. The summed E-state index contributed by atoms with van der Waals surface area (Å²) in [5.41, 5.74) is 0. The average Bonchev–Trinajstić information content (AvgIpc) is 2.29. The van der Waals surface area contributed by atoms with Gasteiger partial charge in [0.05, 0.1) is 25.7 Å². The van der Waals surface area contributed by atoms with Crippen LogP contribution in [0.15, 0.2) is 0 Å². The smallest absolute Gasteiger partial charge is 0.0874 e. The number of quaternary nitrogens is 1. The standard InChI is InChI=1S/C14H27NO/c16-12-13-7-6-10-15(11-13)14-8-4-2-1-3-5-9-14/h13-14,16H,1-12H2/p+1/t13-/m1/s1. The second-order valence-corrected chi connectivity index (χ2v) is 5.85. The molecule has 16 heavy (non-hydrogen) atoms. The van der Waals surface area contributed by atoms with Gasteiger partial charge in [-0.25, -0.2) is 0 Å². The molecule has 2 N–H and O–H groups in total. The number of piperidine rings is 1. The first-order chi connectivity index (χ1) is 7.90. The van der Waals surface area contributed by atoms with E-state index in [2.05, 4.69) is 0 Å². The average molecular weight is 226 g/mol. The van der Waals surface area contributed by atoms with E-state index in [1.807, 2.05) is 4.90 Å². The van der Waals surface area contributed by atoms with Crippen molar-refractivity contribution in [1.82, 2.24) is 0 Å². The number of hydrogen-bond acceptors (Lipinski definition) is 1. The van der Waals surface area contributed by atoms with Gasteiger partial charge < -0.3 is 10.0 Å². The van der Waals surface area contributed by atoms with Crippen molar-refractivity contribution in [3.63, 3.8) is 0 Å². The van der Waals surface area contributed by atoms with Gasteiger partial charge in [-0.3, -0.25) is 0 Å². The lowest BCUT2D eigenvalue weighted by Gasteiger charge is -2.35. The van der Waals surface area contributed by atoms with Crippen LogP contribution in [0.5, 0.6) is 0 Å². The number of hydrogen-bond donors (Lipinski definition) is 2. The summed E-state index contributed by atoms with van der Waals surface area (Å²) in [5.74, 6) is 0.592. The minimum atomic E-state index is 0.413. The molecule has 1 heterocycles. The molecular formula is C14H28NO+. The van der Waals surface area contributed by atoms with Gasteiger partial charge in [0.1, 0.15) is 0 Å². The third kappa shape index (κ3) is 3.46. The molecule has 1 unspecified atom stereocenters. The SMILES string of the molecule is OC[C@@H]1CCC[NH+](C2CCCCCCC2)C1. The summed E-state index contributed by atoms with van der Waals surface area (Å²) >= 11 is 0. The highest BCUT2D eigenvalue weighted by Gasteiger charge is 2.28. The van der Waals surface area contributed by atoms with Crippen molar-refractivity contribution >= 4 is 0 Å². The fourth-order valence-electron chi connectivity index (χ4n) is 3.58. The first-order valence-electron chi connectivity index (χ1n) is 7.35. The van der Waals surface area contributed by atoms with Crippen molar-refractivity contribution in [3.05, 3.63) is 0 Å². The third-order valence-corrected chi connectivity index (χ3v) is 4.60. The van der Waals surface area contributed by atoms with Crippen molar-refractivity contribution in [3.8, 4) is 0 Å². The molecular weight excluding hydrogens is 198 g/mol. The van der Waals surface area contributed by atoms with Gasteiger partial charge in [-0.1, -0.05) is 19.3 Å². The molecule has 1 saturated carbocycles. The van der Waals surface area contributed by atoms with Gasteiger partial charge in [-0.2, -0.15) is 0 Å². The Balaban J connectivity index is 1.83. The molecule has 2 heteroatoms. The Labute approximate surface area is 100 Å². The number of rotatable bonds is 2. The monoisotopic (exact) mass is 226 g/mol. The molecule has 2 rings (SSSR count). The minimum absolute atomic E-state index is 0.413. The lowest BCUT2D eigenvalue weighted by Crippen LogP contribution is -3.17. The molecule has 2 nitrogen and oxygen atoms in total. The third-order valence-electron chi connectivity index (χ3n) is 4.60. The van der Waals surface area contributed by atoms with E-state index in [0.29, 0.717) is 12.5 Å². The summed E-state index contributed by atoms with van der Waals surface area (Å²) in [6, 6.07) is 0.912. The quantitative estimate of drug-likeness (QED) is 0.731. The fourth-order valence-corrected chi connectivity index (χ4v) is 3.58. The fraction of sp³-hybridized carbons (Fsp3) is 1.00. The molecule has 0 bridgehead atoms. The zero-order valence-corrected chi connectivity index (χ0v) is 10.6. The maximum absolute atomic E-state index is 9.29. The zero-order chi connectivity index (χ0) is 11.2. The first-order valence-corrected chi connectivity index (χ1v) is 7.35. The summed E-state index contributed by atoms with van der Waals surface area (Å²) in [5, 5.41) is 9.29. The van der Waals surface area contributed by atoms with Crippen LogP contribution in [0.4, 0.5) is 0 Å². The van der Waals surface area contributed by atoms with Crippen molar-refractivity contribution in [2.75, 3.05) is 19.7 Å². The van der Waals surface area contributed by atoms with E-state index in [1.165, 1.54) is 70.9 Å². The van der Waals surface area contributed by atoms with Gasteiger partial charge in [0, 0.05) is 5.92 Å². The van der Waals surface area contributed by atoms with Crippen LogP contribution in [0.1, 0.15) is 57.8 Å². The van der Waals surface area contributed by atoms with Crippen molar-refractivity contribution in [1.29, 1.82) is 0 Å². The topological polar surface area (TPSA) is 24.7 Å². The van der Waals surface area contributed by atoms with E-state index >= 15 is 0 Å². The van der Waals surface area contributed by atoms with E-state index in [9.17, 15) is 5.11 Å². The summed E-state index contributed by atoms with van der Waals surface area (Å²) in [6.07, 6.45) is 12.7. The molecule has 0 aromatic heterocycles. The lowest BCUT2D eigenvalue weighted by molar-refractivity contribution is -0.934. The molecule has 1 aliphatic heterocycles. The largest absolute Gasteiger partial charge is 0.396 e. The van der Waals surface area contributed by atoms with E-state index < -0.39 is 0 Å². The molecule has 0 amide bonds. The second-order valence-electron chi connectivity index (χ2n) is 5.85. The summed E-state index contributed by atoms with van der Waals surface area (Å²) < 4.78 is 0. The maximum atomic E-state index is 9.29. The Bertz CT molecular complexity index is 187. The highest BCUT2D eigenvalue weighted by atomic mass is 16.3. The number of aliphatic hydroxyl groups excluding tert-OH is 1. The number of nitrogens with one attached hydrogen (secondary N) is 1. The maximum Gasteiger partial charge on any atom is 0.0874 e. The van der Waals surface area contributed by atoms with Gasteiger partial charge >= 0.3 is 0 Å². The summed E-state index contributed by atoms with van der Waals surface area (Å²) in [7, 11) is 0. The molecule has 1 saturated heterocycles. The van der Waals surface area contributed by atoms with Crippen LogP contribution in [0.25, 0.3) is 0 Å². The van der Waals surface area contributed by atoms with E-state index in [0.717, 1.165) is 6.04 Å². The summed E-state index contributed by atoms with van der Waals surface area (Å²) in [4.78, 5) is 1.81. The van der Waals surface area contributed by atoms with E-state index in [-0.39, 0.29) is 0 Å². The van der Waals surface area contributed by atoms with Crippen molar-refractivity contribution in [2.24, 2.45) is 5.92 Å². The molecule has 1 aliphatic carbocycles. The molecule has 0 aromatic carbocycles. The Morgan fingerprint density at radius 2 is 1.56 bits per heavy atom. The summed E-state index contributed by atoms with van der Waals surface area (Å²) in [6.45, 7) is 3.01. The predicted molar refractivity (Wildman–Crippen MR) is 66.6 cm³/mol. The van der Waals surface area contributed by atoms with Crippen LogP contribution in [0, 0.1) is 5.92 Å². The Hall–Kier alpha value is -0.0800. The minimum Gasteiger partial charge on any atom is -0.396 e. The Morgan fingerprint density at radius 3 is 2.25 bits per heavy atom. The molecule has 0 radical (unpaired) electrons. The Kier molecular flexibility index (Phi) is 5.11.